The maximum absolute atomic E-state index is 13.2. The van der Waals surface area contributed by atoms with Crippen LogP contribution in [0.25, 0.3) is 0 Å². The fourth-order valence-electron chi connectivity index (χ4n) is 2.66. The van der Waals surface area contributed by atoms with Crippen molar-refractivity contribution >= 4 is 11.6 Å². The van der Waals surface area contributed by atoms with Crippen molar-refractivity contribution in [1.29, 1.82) is 0 Å². The molecule has 100 valence electrons. The minimum absolute atomic E-state index is 0.231. The Morgan fingerprint density at radius 2 is 2.17 bits per heavy atom. The van der Waals surface area contributed by atoms with Crippen LogP contribution in [0.2, 0.25) is 5.02 Å². The average Bonchev–Trinajstić information content (AvgIpc) is 3.16. The van der Waals surface area contributed by atoms with Crippen LogP contribution in [0.15, 0.2) is 18.2 Å². The summed E-state index contributed by atoms with van der Waals surface area (Å²) in [7, 11) is 0. The van der Waals surface area contributed by atoms with Crippen LogP contribution >= 0.6 is 11.6 Å². The summed E-state index contributed by atoms with van der Waals surface area (Å²) in [4.78, 5) is 0. The predicted octanol–water partition coefficient (Wildman–Crippen LogP) is 4.05. The second-order valence-electron chi connectivity index (χ2n) is 5.63. The molecule has 1 atom stereocenters. The fourth-order valence-corrected chi connectivity index (χ4v) is 2.86. The monoisotopic (exact) mass is 269 g/mol. The normalized spacial score (nSPS) is 18.7. The molecule has 3 heteroatoms. The van der Waals surface area contributed by atoms with Crippen molar-refractivity contribution in [3.05, 3.63) is 34.6 Å². The van der Waals surface area contributed by atoms with Crippen LogP contribution in [0.1, 0.15) is 32.3 Å². The quantitative estimate of drug-likeness (QED) is 0.822. The standard InChI is InChI=1S/C15H21ClFN/c1-3-18-10-15(2,12-5-6-12)9-11-4-7-14(17)13(16)8-11/h4,7-8,12,18H,3,5-6,9-10H2,1-2H3. The highest BCUT2D eigenvalue weighted by atomic mass is 35.5. The first kappa shape index (κ1) is 13.8. The van der Waals surface area contributed by atoms with Crippen molar-refractivity contribution in [2.45, 2.75) is 33.1 Å². The van der Waals surface area contributed by atoms with E-state index in [9.17, 15) is 4.39 Å². The molecule has 1 saturated carbocycles. The van der Waals surface area contributed by atoms with Gasteiger partial charge in [-0.15, -0.1) is 0 Å². The molecule has 0 bridgehead atoms. The molecular formula is C15H21ClFN. The van der Waals surface area contributed by atoms with E-state index in [4.69, 9.17) is 11.6 Å². The van der Waals surface area contributed by atoms with Crippen molar-refractivity contribution < 1.29 is 4.39 Å². The topological polar surface area (TPSA) is 12.0 Å². The summed E-state index contributed by atoms with van der Waals surface area (Å²) >= 11 is 5.85. The second kappa shape index (κ2) is 5.58. The summed E-state index contributed by atoms with van der Waals surface area (Å²) < 4.78 is 13.2. The summed E-state index contributed by atoms with van der Waals surface area (Å²) in [5.41, 5.74) is 1.39. The van der Waals surface area contributed by atoms with Gasteiger partial charge in [0.25, 0.3) is 0 Å². The lowest BCUT2D eigenvalue weighted by Crippen LogP contribution is -2.35. The van der Waals surface area contributed by atoms with E-state index >= 15 is 0 Å². The molecule has 1 aliphatic rings. The van der Waals surface area contributed by atoms with Crippen LogP contribution in [-0.4, -0.2) is 13.1 Å². The van der Waals surface area contributed by atoms with Crippen LogP contribution in [0.5, 0.6) is 0 Å². The van der Waals surface area contributed by atoms with E-state index in [0.29, 0.717) is 0 Å². The molecule has 1 fully saturated rings. The molecule has 0 amide bonds. The van der Waals surface area contributed by atoms with E-state index in [-0.39, 0.29) is 16.3 Å². The van der Waals surface area contributed by atoms with Crippen LogP contribution in [0.3, 0.4) is 0 Å². The molecule has 1 N–H and O–H groups in total. The lowest BCUT2D eigenvalue weighted by molar-refractivity contribution is 0.258. The van der Waals surface area contributed by atoms with Crippen molar-refractivity contribution in [3.8, 4) is 0 Å². The van der Waals surface area contributed by atoms with Gasteiger partial charge < -0.3 is 5.32 Å². The zero-order valence-electron chi connectivity index (χ0n) is 11.1. The van der Waals surface area contributed by atoms with E-state index in [0.717, 1.165) is 31.0 Å². The number of halogens is 2. The van der Waals surface area contributed by atoms with Gasteiger partial charge in [0.1, 0.15) is 5.82 Å². The average molecular weight is 270 g/mol. The molecule has 1 aliphatic carbocycles. The van der Waals surface area contributed by atoms with Crippen molar-refractivity contribution in [3.63, 3.8) is 0 Å². The maximum Gasteiger partial charge on any atom is 0.141 e. The molecule has 0 aromatic heterocycles. The van der Waals surface area contributed by atoms with E-state index in [2.05, 4.69) is 19.2 Å². The SMILES string of the molecule is CCNCC(C)(Cc1ccc(F)c(Cl)c1)C1CC1. The number of hydrogen-bond donors (Lipinski definition) is 1. The van der Waals surface area contributed by atoms with Crippen molar-refractivity contribution in [2.75, 3.05) is 13.1 Å². The summed E-state index contributed by atoms with van der Waals surface area (Å²) in [6.07, 6.45) is 3.60. The molecule has 0 saturated heterocycles. The molecule has 0 aliphatic heterocycles. The Labute approximate surface area is 114 Å². The molecule has 18 heavy (non-hydrogen) atoms. The van der Waals surface area contributed by atoms with E-state index in [1.54, 1.807) is 6.07 Å². The van der Waals surface area contributed by atoms with Gasteiger partial charge in [-0.2, -0.15) is 0 Å². The Hall–Kier alpha value is -0.600. The van der Waals surface area contributed by atoms with Crippen LogP contribution in [0, 0.1) is 17.2 Å². The smallest absolute Gasteiger partial charge is 0.141 e. The summed E-state index contributed by atoms with van der Waals surface area (Å²) in [5.74, 6) is 0.459. The third-order valence-corrected chi connectivity index (χ3v) is 4.22. The predicted molar refractivity (Wildman–Crippen MR) is 74.5 cm³/mol. The highest BCUT2D eigenvalue weighted by molar-refractivity contribution is 6.30. The number of hydrogen-bond acceptors (Lipinski definition) is 1. The Balaban J connectivity index is 2.10. The minimum Gasteiger partial charge on any atom is -0.316 e. The molecule has 0 spiro atoms. The largest absolute Gasteiger partial charge is 0.316 e. The van der Waals surface area contributed by atoms with Gasteiger partial charge in [0.05, 0.1) is 5.02 Å². The molecule has 0 heterocycles. The van der Waals surface area contributed by atoms with Crippen molar-refractivity contribution in [2.24, 2.45) is 11.3 Å². The van der Waals surface area contributed by atoms with Gasteiger partial charge in [-0.05, 0) is 54.8 Å². The lowest BCUT2D eigenvalue weighted by atomic mass is 9.79. The summed E-state index contributed by atoms with van der Waals surface area (Å²) in [6.45, 7) is 6.46. The zero-order valence-corrected chi connectivity index (χ0v) is 11.9. The molecule has 2 rings (SSSR count). The van der Waals surface area contributed by atoms with E-state index in [1.165, 1.54) is 18.9 Å². The maximum atomic E-state index is 13.2. The van der Waals surface area contributed by atoms with Gasteiger partial charge in [-0.1, -0.05) is 31.5 Å². The molecule has 0 radical (unpaired) electrons. The van der Waals surface area contributed by atoms with Crippen molar-refractivity contribution in [1.82, 2.24) is 5.32 Å². The summed E-state index contributed by atoms with van der Waals surface area (Å²) in [6, 6.07) is 5.09. The van der Waals surface area contributed by atoms with Crippen LogP contribution < -0.4 is 5.32 Å². The Morgan fingerprint density at radius 1 is 1.44 bits per heavy atom. The highest BCUT2D eigenvalue weighted by Gasteiger charge is 2.40. The van der Waals surface area contributed by atoms with E-state index < -0.39 is 0 Å². The number of nitrogens with one attached hydrogen (secondary N) is 1. The fraction of sp³-hybridized carbons (Fsp3) is 0.600. The Morgan fingerprint density at radius 3 is 2.72 bits per heavy atom. The van der Waals surface area contributed by atoms with Gasteiger partial charge in [0.15, 0.2) is 0 Å². The van der Waals surface area contributed by atoms with Gasteiger partial charge in [0, 0.05) is 6.54 Å². The first-order chi connectivity index (χ1) is 8.55. The molecule has 1 nitrogen and oxygen atoms in total. The van der Waals surface area contributed by atoms with Gasteiger partial charge >= 0.3 is 0 Å². The molecule has 1 unspecified atom stereocenters. The first-order valence-corrected chi connectivity index (χ1v) is 7.07. The number of benzene rings is 1. The summed E-state index contributed by atoms with van der Waals surface area (Å²) in [5, 5.41) is 3.68. The van der Waals surface area contributed by atoms with Gasteiger partial charge in [-0.3, -0.25) is 0 Å². The Bertz CT molecular complexity index is 417. The third-order valence-electron chi connectivity index (χ3n) is 3.93. The highest BCUT2D eigenvalue weighted by Crippen LogP contribution is 2.47. The van der Waals surface area contributed by atoms with Crippen LogP contribution in [-0.2, 0) is 6.42 Å². The van der Waals surface area contributed by atoms with Gasteiger partial charge in [0.2, 0.25) is 0 Å². The van der Waals surface area contributed by atoms with Crippen LogP contribution in [0.4, 0.5) is 4.39 Å². The third kappa shape index (κ3) is 3.24. The first-order valence-electron chi connectivity index (χ1n) is 6.70. The lowest BCUT2D eigenvalue weighted by Gasteiger charge is -2.30. The zero-order chi connectivity index (χ0) is 13.2. The second-order valence-corrected chi connectivity index (χ2v) is 6.04. The van der Waals surface area contributed by atoms with Gasteiger partial charge in [-0.25, -0.2) is 4.39 Å². The number of rotatable bonds is 6. The molecule has 1 aromatic carbocycles. The van der Waals surface area contributed by atoms with E-state index in [1.807, 2.05) is 6.07 Å². The molecule has 1 aromatic rings. The minimum atomic E-state index is -0.333. The molecular weight excluding hydrogens is 249 g/mol. The Kier molecular flexibility index (Phi) is 4.29.